The van der Waals surface area contributed by atoms with Crippen molar-refractivity contribution >= 4 is 38.4 Å². The molecule has 0 N–H and O–H groups in total. The van der Waals surface area contributed by atoms with Crippen LogP contribution in [0, 0.1) is 12.8 Å². The molecule has 2 aliphatic rings. The van der Waals surface area contributed by atoms with Gasteiger partial charge in [0, 0.05) is 16.9 Å². The van der Waals surface area contributed by atoms with Crippen LogP contribution in [0.1, 0.15) is 25.8 Å². The standard InChI is InChI=1S/C17H22N2O3S2/c1-4-12(3)16(20)18-17-19(13-7-5-11(2)6-8-13)14-9-24(21,22)10-15(14)23-17/h5-8,12,14-15H,4,9-10H2,1-3H3/t12-,14-,15+/m0/s1. The SMILES string of the molecule is CC[C@H](C)C(=O)N=C1S[C@@H]2CS(=O)(=O)C[C@@H]2N1c1ccc(C)cc1. The van der Waals surface area contributed by atoms with Crippen LogP contribution < -0.4 is 4.90 Å². The van der Waals surface area contributed by atoms with E-state index in [1.165, 1.54) is 11.8 Å². The highest BCUT2D eigenvalue weighted by Crippen LogP contribution is 2.41. The number of amidine groups is 1. The smallest absolute Gasteiger partial charge is 0.250 e. The number of anilines is 1. The molecule has 0 aliphatic carbocycles. The third kappa shape index (κ3) is 3.37. The molecule has 1 aromatic carbocycles. The maximum Gasteiger partial charge on any atom is 0.250 e. The molecule has 2 fully saturated rings. The molecule has 0 bridgehead atoms. The van der Waals surface area contributed by atoms with Gasteiger partial charge in [0.15, 0.2) is 15.0 Å². The van der Waals surface area contributed by atoms with Crippen molar-refractivity contribution in [3.05, 3.63) is 29.8 Å². The van der Waals surface area contributed by atoms with Gasteiger partial charge in [0.25, 0.3) is 5.91 Å². The first-order valence-corrected chi connectivity index (χ1v) is 10.9. The number of hydrogen-bond acceptors (Lipinski definition) is 4. The van der Waals surface area contributed by atoms with E-state index >= 15 is 0 Å². The van der Waals surface area contributed by atoms with Gasteiger partial charge >= 0.3 is 0 Å². The van der Waals surface area contributed by atoms with Gasteiger partial charge in [-0.1, -0.05) is 43.3 Å². The summed E-state index contributed by atoms with van der Waals surface area (Å²) >= 11 is 1.42. The summed E-state index contributed by atoms with van der Waals surface area (Å²) in [6.07, 6.45) is 0.742. The van der Waals surface area contributed by atoms with Crippen LogP contribution in [0.15, 0.2) is 29.3 Å². The fourth-order valence-electron chi connectivity index (χ4n) is 2.95. The fraction of sp³-hybridized carbons (Fsp3) is 0.529. The molecule has 3 atom stereocenters. The van der Waals surface area contributed by atoms with E-state index in [9.17, 15) is 13.2 Å². The molecule has 3 rings (SSSR count). The van der Waals surface area contributed by atoms with E-state index < -0.39 is 9.84 Å². The molecule has 130 valence electrons. The minimum atomic E-state index is -3.03. The van der Waals surface area contributed by atoms with Crippen molar-refractivity contribution in [2.45, 2.75) is 38.5 Å². The Kier molecular flexibility index (Phi) is 4.75. The largest absolute Gasteiger partial charge is 0.316 e. The van der Waals surface area contributed by atoms with Crippen LogP contribution in [0.4, 0.5) is 5.69 Å². The first kappa shape index (κ1) is 17.5. The number of amides is 1. The van der Waals surface area contributed by atoms with Crippen LogP contribution in [-0.2, 0) is 14.6 Å². The molecule has 2 aliphatic heterocycles. The van der Waals surface area contributed by atoms with Crippen LogP contribution in [0.5, 0.6) is 0 Å². The van der Waals surface area contributed by atoms with Gasteiger partial charge in [-0.15, -0.1) is 0 Å². The van der Waals surface area contributed by atoms with Gasteiger partial charge < -0.3 is 4.90 Å². The number of aryl methyl sites for hydroxylation is 1. The third-order valence-electron chi connectivity index (χ3n) is 4.62. The summed E-state index contributed by atoms with van der Waals surface area (Å²) in [5.74, 6) is 0.0122. The number of fused-ring (bicyclic) bond motifs is 1. The number of nitrogens with zero attached hydrogens (tertiary/aromatic N) is 2. The lowest BCUT2D eigenvalue weighted by Gasteiger charge is -2.24. The Balaban J connectivity index is 1.98. The van der Waals surface area contributed by atoms with Crippen molar-refractivity contribution in [1.82, 2.24) is 0 Å². The molecule has 1 aromatic rings. The summed E-state index contributed by atoms with van der Waals surface area (Å²) in [7, 11) is -3.03. The summed E-state index contributed by atoms with van der Waals surface area (Å²) < 4.78 is 24.0. The minimum Gasteiger partial charge on any atom is -0.316 e. The van der Waals surface area contributed by atoms with Gasteiger partial charge in [-0.05, 0) is 25.5 Å². The lowest BCUT2D eigenvalue weighted by atomic mass is 10.1. The van der Waals surface area contributed by atoms with Crippen molar-refractivity contribution in [2.75, 3.05) is 16.4 Å². The zero-order valence-corrected chi connectivity index (χ0v) is 15.7. The molecule has 0 radical (unpaired) electrons. The summed E-state index contributed by atoms with van der Waals surface area (Å²) in [6, 6.07) is 7.76. The van der Waals surface area contributed by atoms with E-state index in [2.05, 4.69) is 4.99 Å². The van der Waals surface area contributed by atoms with Gasteiger partial charge in [0.2, 0.25) is 0 Å². The van der Waals surface area contributed by atoms with Crippen LogP contribution in [0.3, 0.4) is 0 Å². The quantitative estimate of drug-likeness (QED) is 0.823. The van der Waals surface area contributed by atoms with E-state index in [4.69, 9.17) is 0 Å². The molecule has 2 saturated heterocycles. The van der Waals surface area contributed by atoms with Crippen molar-refractivity contribution < 1.29 is 13.2 Å². The van der Waals surface area contributed by atoms with Crippen LogP contribution in [-0.4, -0.2) is 42.3 Å². The number of thioether (sulfide) groups is 1. The number of carbonyl (C=O) groups is 1. The van der Waals surface area contributed by atoms with E-state index in [1.54, 1.807) is 0 Å². The maximum absolute atomic E-state index is 12.3. The molecule has 0 saturated carbocycles. The first-order chi connectivity index (χ1) is 11.3. The predicted molar refractivity (Wildman–Crippen MR) is 99.4 cm³/mol. The van der Waals surface area contributed by atoms with Gasteiger partial charge in [-0.2, -0.15) is 4.99 Å². The zero-order chi connectivity index (χ0) is 17.5. The minimum absolute atomic E-state index is 0.0558. The second kappa shape index (κ2) is 6.52. The Bertz CT molecular complexity index is 772. The third-order valence-corrected chi connectivity index (χ3v) is 7.83. The Morgan fingerprint density at radius 3 is 2.62 bits per heavy atom. The second-order valence-electron chi connectivity index (χ2n) is 6.55. The van der Waals surface area contributed by atoms with Crippen molar-refractivity contribution in [1.29, 1.82) is 0 Å². The molecular formula is C17H22N2O3S2. The normalized spacial score (nSPS) is 28.1. The lowest BCUT2D eigenvalue weighted by Crippen LogP contribution is -2.37. The average Bonchev–Trinajstić information content (AvgIpc) is 2.98. The molecule has 0 unspecified atom stereocenters. The highest BCUT2D eigenvalue weighted by molar-refractivity contribution is 8.16. The van der Waals surface area contributed by atoms with E-state index in [0.29, 0.717) is 5.17 Å². The van der Waals surface area contributed by atoms with Crippen molar-refractivity contribution in [2.24, 2.45) is 10.9 Å². The molecule has 24 heavy (non-hydrogen) atoms. The topological polar surface area (TPSA) is 66.8 Å². The van der Waals surface area contributed by atoms with Gasteiger partial charge in [0.1, 0.15) is 0 Å². The molecule has 2 heterocycles. The van der Waals surface area contributed by atoms with Gasteiger partial charge in [-0.3, -0.25) is 4.79 Å². The lowest BCUT2D eigenvalue weighted by molar-refractivity contribution is -0.121. The van der Waals surface area contributed by atoms with Crippen LogP contribution in [0.25, 0.3) is 0 Å². The monoisotopic (exact) mass is 366 g/mol. The maximum atomic E-state index is 12.3. The fourth-order valence-corrected chi connectivity index (χ4v) is 6.87. The second-order valence-corrected chi connectivity index (χ2v) is 9.91. The number of sulfone groups is 1. The van der Waals surface area contributed by atoms with Crippen LogP contribution in [0.2, 0.25) is 0 Å². The molecule has 0 spiro atoms. The number of hydrogen-bond donors (Lipinski definition) is 0. The molecule has 5 nitrogen and oxygen atoms in total. The summed E-state index contributed by atoms with van der Waals surface area (Å²) in [6.45, 7) is 5.84. The Labute approximate surface area is 147 Å². The van der Waals surface area contributed by atoms with Crippen molar-refractivity contribution in [3.63, 3.8) is 0 Å². The van der Waals surface area contributed by atoms with Gasteiger partial charge in [0.05, 0.1) is 17.5 Å². The molecule has 1 amide bonds. The zero-order valence-electron chi connectivity index (χ0n) is 14.1. The van der Waals surface area contributed by atoms with E-state index in [1.807, 2.05) is 49.9 Å². The predicted octanol–water partition coefficient (Wildman–Crippen LogP) is 2.64. The first-order valence-electron chi connectivity index (χ1n) is 8.16. The molecule has 0 aromatic heterocycles. The summed E-state index contributed by atoms with van der Waals surface area (Å²) in [4.78, 5) is 18.5. The summed E-state index contributed by atoms with van der Waals surface area (Å²) in [5, 5.41) is 0.578. The van der Waals surface area contributed by atoms with E-state index in [-0.39, 0.29) is 34.6 Å². The Morgan fingerprint density at radius 2 is 2.00 bits per heavy atom. The number of aliphatic imine (C=N–C) groups is 1. The Morgan fingerprint density at radius 1 is 1.33 bits per heavy atom. The molecular weight excluding hydrogens is 344 g/mol. The number of benzene rings is 1. The number of rotatable bonds is 3. The number of carbonyl (C=O) groups excluding carboxylic acids is 1. The van der Waals surface area contributed by atoms with Crippen molar-refractivity contribution in [3.8, 4) is 0 Å². The summed E-state index contributed by atoms with van der Waals surface area (Å²) in [5.41, 5.74) is 2.03. The molecule has 7 heteroatoms. The van der Waals surface area contributed by atoms with Crippen LogP contribution >= 0.6 is 11.8 Å². The van der Waals surface area contributed by atoms with E-state index in [0.717, 1.165) is 17.7 Å². The Hall–Kier alpha value is -1.34. The van der Waals surface area contributed by atoms with Gasteiger partial charge in [-0.25, -0.2) is 8.42 Å². The highest BCUT2D eigenvalue weighted by atomic mass is 32.2. The average molecular weight is 367 g/mol. The highest BCUT2D eigenvalue weighted by Gasteiger charge is 2.49.